The quantitative estimate of drug-likeness (QED) is 0.766. The molecule has 1 aromatic carbocycles. The number of halogens is 1. The fourth-order valence-electron chi connectivity index (χ4n) is 4.13. The van der Waals surface area contributed by atoms with Crippen LogP contribution in [0.15, 0.2) is 24.3 Å². The molecule has 1 aromatic rings. The monoisotopic (exact) mass is 404 g/mol. The molecule has 0 spiro atoms. The molecule has 3 rings (SSSR count). The topological polar surface area (TPSA) is 75.7 Å². The van der Waals surface area contributed by atoms with E-state index < -0.39 is 0 Å². The minimum atomic E-state index is -0.384. The Bertz CT molecular complexity index is 729. The van der Waals surface area contributed by atoms with Crippen molar-refractivity contribution in [1.82, 2.24) is 10.2 Å². The highest BCUT2D eigenvalue weighted by atomic mass is 19.1. The maximum atomic E-state index is 13.0. The first-order valence-corrected chi connectivity index (χ1v) is 10.4. The number of nitrogens with zero attached hydrogens (tertiary/aromatic N) is 1. The van der Waals surface area contributed by atoms with Crippen molar-refractivity contribution >= 4 is 17.8 Å². The summed E-state index contributed by atoms with van der Waals surface area (Å²) in [5.41, 5.74) is 0.432. The molecule has 2 atom stereocenters. The first-order chi connectivity index (χ1) is 13.9. The zero-order valence-electron chi connectivity index (χ0n) is 16.9. The lowest BCUT2D eigenvalue weighted by molar-refractivity contribution is -0.154. The van der Waals surface area contributed by atoms with Gasteiger partial charge in [0.1, 0.15) is 5.82 Å². The van der Waals surface area contributed by atoms with Crippen molar-refractivity contribution in [1.29, 1.82) is 0 Å². The van der Waals surface area contributed by atoms with Crippen LogP contribution in [0.5, 0.6) is 0 Å². The Labute approximate surface area is 170 Å². The smallest absolute Gasteiger partial charge is 0.309 e. The molecule has 1 aliphatic heterocycles. The van der Waals surface area contributed by atoms with E-state index in [-0.39, 0.29) is 42.2 Å². The van der Waals surface area contributed by atoms with Crippen LogP contribution in [0, 0.1) is 17.7 Å². The molecular weight excluding hydrogens is 375 g/mol. The summed E-state index contributed by atoms with van der Waals surface area (Å²) in [5, 5.41) is 2.98. The SMILES string of the molecule is C[C@@H]1CCCC[C@H]1NC(=O)COC(=O)C1CCN(C(=O)c2ccc(F)cc2)CC1. The summed E-state index contributed by atoms with van der Waals surface area (Å²) in [4.78, 5) is 38.5. The Morgan fingerprint density at radius 1 is 1.07 bits per heavy atom. The third-order valence-corrected chi connectivity index (χ3v) is 6.01. The minimum absolute atomic E-state index is 0.163. The average Bonchev–Trinajstić information content (AvgIpc) is 2.74. The van der Waals surface area contributed by atoms with E-state index >= 15 is 0 Å². The van der Waals surface area contributed by atoms with E-state index in [0.717, 1.165) is 19.3 Å². The van der Waals surface area contributed by atoms with Gasteiger partial charge in [-0.05, 0) is 55.9 Å². The number of hydrogen-bond donors (Lipinski definition) is 1. The molecular formula is C22H29FN2O4. The predicted molar refractivity (Wildman–Crippen MR) is 106 cm³/mol. The number of hydrogen-bond acceptors (Lipinski definition) is 4. The number of piperidine rings is 1. The standard InChI is InChI=1S/C22H29FN2O4/c1-15-4-2-3-5-19(15)24-20(26)14-29-22(28)17-10-12-25(13-11-17)21(27)16-6-8-18(23)9-7-16/h6-9,15,17,19H,2-5,10-14H2,1H3,(H,24,26)/t15-,19-/m1/s1. The number of ether oxygens (including phenoxy) is 1. The molecule has 1 saturated carbocycles. The van der Waals surface area contributed by atoms with E-state index in [2.05, 4.69) is 12.2 Å². The van der Waals surface area contributed by atoms with Crippen LogP contribution in [-0.4, -0.2) is 48.4 Å². The second-order valence-electron chi connectivity index (χ2n) is 8.12. The Morgan fingerprint density at radius 3 is 2.38 bits per heavy atom. The van der Waals surface area contributed by atoms with E-state index in [9.17, 15) is 18.8 Å². The van der Waals surface area contributed by atoms with Gasteiger partial charge in [0.05, 0.1) is 5.92 Å². The summed E-state index contributed by atoms with van der Waals surface area (Å²) in [6.07, 6.45) is 5.39. The van der Waals surface area contributed by atoms with Crippen molar-refractivity contribution < 1.29 is 23.5 Å². The number of nitrogens with one attached hydrogen (secondary N) is 1. The van der Waals surface area contributed by atoms with E-state index in [1.165, 1.54) is 30.7 Å². The molecule has 7 heteroatoms. The molecule has 2 amide bonds. The van der Waals surface area contributed by atoms with Crippen LogP contribution in [0.2, 0.25) is 0 Å². The Kier molecular flexibility index (Phi) is 7.23. The van der Waals surface area contributed by atoms with E-state index in [1.807, 2.05) is 0 Å². The Morgan fingerprint density at radius 2 is 1.72 bits per heavy atom. The largest absolute Gasteiger partial charge is 0.455 e. The van der Waals surface area contributed by atoms with Gasteiger partial charge in [-0.25, -0.2) is 4.39 Å². The Balaban J connectivity index is 1.40. The van der Waals surface area contributed by atoms with Crippen molar-refractivity contribution in [3.63, 3.8) is 0 Å². The second-order valence-corrected chi connectivity index (χ2v) is 8.12. The summed E-state index contributed by atoms with van der Waals surface area (Å²) < 4.78 is 18.2. The number of likely N-dealkylation sites (tertiary alicyclic amines) is 1. The number of esters is 1. The number of carbonyl (C=O) groups is 3. The lowest BCUT2D eigenvalue weighted by Crippen LogP contribution is -2.44. The zero-order valence-corrected chi connectivity index (χ0v) is 16.9. The number of carbonyl (C=O) groups excluding carboxylic acids is 3. The van der Waals surface area contributed by atoms with Crippen LogP contribution in [0.1, 0.15) is 55.8 Å². The van der Waals surface area contributed by atoms with Crippen LogP contribution >= 0.6 is 0 Å². The van der Waals surface area contributed by atoms with Crippen LogP contribution < -0.4 is 5.32 Å². The molecule has 2 aliphatic rings. The normalized spacial score (nSPS) is 22.8. The molecule has 1 heterocycles. The molecule has 6 nitrogen and oxygen atoms in total. The second kappa shape index (κ2) is 9.85. The third-order valence-electron chi connectivity index (χ3n) is 6.01. The summed E-state index contributed by atoms with van der Waals surface area (Å²) >= 11 is 0. The van der Waals surface area contributed by atoms with Gasteiger partial charge in [0, 0.05) is 24.7 Å². The molecule has 1 aliphatic carbocycles. The van der Waals surface area contributed by atoms with Crippen LogP contribution in [0.25, 0.3) is 0 Å². The summed E-state index contributed by atoms with van der Waals surface area (Å²) in [7, 11) is 0. The molecule has 0 bridgehead atoms. The van der Waals surface area contributed by atoms with Gasteiger partial charge < -0.3 is 15.0 Å². The number of amides is 2. The number of benzene rings is 1. The Hall–Kier alpha value is -2.44. The van der Waals surface area contributed by atoms with Gasteiger partial charge in [-0.3, -0.25) is 14.4 Å². The van der Waals surface area contributed by atoms with E-state index in [0.29, 0.717) is 37.4 Å². The van der Waals surface area contributed by atoms with Crippen molar-refractivity contribution in [2.24, 2.45) is 11.8 Å². The predicted octanol–water partition coefficient (Wildman–Crippen LogP) is 2.92. The molecule has 158 valence electrons. The van der Waals surface area contributed by atoms with Crippen molar-refractivity contribution in [3.05, 3.63) is 35.6 Å². The van der Waals surface area contributed by atoms with Gasteiger partial charge in [-0.2, -0.15) is 0 Å². The number of rotatable bonds is 5. The van der Waals surface area contributed by atoms with Gasteiger partial charge in [-0.1, -0.05) is 19.8 Å². The van der Waals surface area contributed by atoms with E-state index in [1.54, 1.807) is 4.90 Å². The van der Waals surface area contributed by atoms with Gasteiger partial charge in [0.2, 0.25) is 0 Å². The summed E-state index contributed by atoms with van der Waals surface area (Å²) in [5.74, 6) is -1.05. The fraction of sp³-hybridized carbons (Fsp3) is 0.591. The lowest BCUT2D eigenvalue weighted by Gasteiger charge is -2.31. The molecule has 1 saturated heterocycles. The molecule has 0 radical (unpaired) electrons. The summed E-state index contributed by atoms with van der Waals surface area (Å²) in [6.45, 7) is 2.75. The van der Waals surface area contributed by atoms with Gasteiger partial charge in [0.25, 0.3) is 11.8 Å². The molecule has 29 heavy (non-hydrogen) atoms. The van der Waals surface area contributed by atoms with Crippen molar-refractivity contribution in [3.8, 4) is 0 Å². The molecule has 2 fully saturated rings. The summed E-state index contributed by atoms with van der Waals surface area (Å²) in [6, 6.07) is 5.61. The highest BCUT2D eigenvalue weighted by molar-refractivity contribution is 5.94. The van der Waals surface area contributed by atoms with Crippen LogP contribution in [-0.2, 0) is 14.3 Å². The zero-order chi connectivity index (χ0) is 20.8. The van der Waals surface area contributed by atoms with Crippen molar-refractivity contribution in [2.45, 2.75) is 51.5 Å². The first kappa shape index (κ1) is 21.3. The van der Waals surface area contributed by atoms with Gasteiger partial charge in [-0.15, -0.1) is 0 Å². The van der Waals surface area contributed by atoms with E-state index in [4.69, 9.17) is 4.74 Å². The fourth-order valence-corrected chi connectivity index (χ4v) is 4.13. The highest BCUT2D eigenvalue weighted by Gasteiger charge is 2.29. The lowest BCUT2D eigenvalue weighted by atomic mass is 9.86. The molecule has 0 aromatic heterocycles. The maximum absolute atomic E-state index is 13.0. The highest BCUT2D eigenvalue weighted by Crippen LogP contribution is 2.24. The minimum Gasteiger partial charge on any atom is -0.455 e. The third kappa shape index (κ3) is 5.78. The molecule has 0 unspecified atom stereocenters. The maximum Gasteiger partial charge on any atom is 0.309 e. The van der Waals surface area contributed by atoms with Crippen LogP contribution in [0.4, 0.5) is 4.39 Å². The molecule has 1 N–H and O–H groups in total. The van der Waals surface area contributed by atoms with Gasteiger partial charge >= 0.3 is 5.97 Å². The van der Waals surface area contributed by atoms with Crippen molar-refractivity contribution in [2.75, 3.05) is 19.7 Å². The average molecular weight is 404 g/mol. The first-order valence-electron chi connectivity index (χ1n) is 10.4. The van der Waals surface area contributed by atoms with Gasteiger partial charge in [0.15, 0.2) is 6.61 Å². The van der Waals surface area contributed by atoms with Crippen LogP contribution in [0.3, 0.4) is 0 Å².